The van der Waals surface area contributed by atoms with E-state index in [1.165, 1.54) is 12.8 Å². The van der Waals surface area contributed by atoms with Crippen molar-refractivity contribution in [3.05, 3.63) is 0 Å². The zero-order chi connectivity index (χ0) is 10.5. The number of carboxylic acids is 1. The van der Waals surface area contributed by atoms with Gasteiger partial charge in [-0.2, -0.15) is 0 Å². The summed E-state index contributed by atoms with van der Waals surface area (Å²) in [5, 5.41) is 15.8. The van der Waals surface area contributed by atoms with Crippen molar-refractivity contribution in [2.45, 2.75) is 39.0 Å². The number of aliphatic hydroxyl groups is 1. The fraction of sp³-hybridized carbons (Fsp3) is 0.889. The average molecular weight is 211 g/mol. The van der Waals surface area contributed by atoms with E-state index in [4.69, 9.17) is 26.6 Å². The molecule has 0 heterocycles. The molecule has 0 rings (SSSR count). The predicted octanol–water partition coefficient (Wildman–Crippen LogP) is 2.26. The van der Waals surface area contributed by atoms with Crippen molar-refractivity contribution in [2.75, 3.05) is 12.5 Å². The first-order valence-corrected chi connectivity index (χ1v) is 5.05. The summed E-state index contributed by atoms with van der Waals surface area (Å²) < 4.78 is 0. The topological polar surface area (TPSA) is 57.5 Å². The summed E-state index contributed by atoms with van der Waals surface area (Å²) in [6.45, 7) is 1.42. The molecule has 0 aromatic carbocycles. The Hall–Kier alpha value is -0.280. The number of unbranched alkanes of at least 4 members (excludes halogenated alkanes) is 4. The molecule has 0 saturated carbocycles. The van der Waals surface area contributed by atoms with Crippen LogP contribution in [0.1, 0.15) is 39.0 Å². The second kappa shape index (κ2) is 14.3. The van der Waals surface area contributed by atoms with E-state index in [1.54, 1.807) is 0 Å². The molecule has 0 unspecified atom stereocenters. The maximum absolute atomic E-state index is 9.00. The van der Waals surface area contributed by atoms with Crippen molar-refractivity contribution < 1.29 is 15.0 Å². The lowest BCUT2D eigenvalue weighted by atomic mass is 10.2. The molecule has 0 amide bonds. The Balaban J connectivity index is 0. The van der Waals surface area contributed by atoms with Crippen molar-refractivity contribution in [2.24, 2.45) is 0 Å². The molecule has 0 fully saturated rings. The van der Waals surface area contributed by atoms with Crippen molar-refractivity contribution in [3.8, 4) is 0 Å². The lowest BCUT2D eigenvalue weighted by molar-refractivity contribution is -0.134. The smallest absolute Gasteiger partial charge is 0.300 e. The van der Waals surface area contributed by atoms with E-state index in [1.807, 2.05) is 0 Å². The minimum absolute atomic E-state index is 0.334. The number of alkyl halides is 1. The highest BCUT2D eigenvalue weighted by Gasteiger charge is 1.86. The van der Waals surface area contributed by atoms with E-state index in [0.29, 0.717) is 6.61 Å². The van der Waals surface area contributed by atoms with Crippen LogP contribution in [-0.4, -0.2) is 28.7 Å². The Labute approximate surface area is 84.7 Å². The van der Waals surface area contributed by atoms with Gasteiger partial charge in [0, 0.05) is 19.4 Å². The fourth-order valence-electron chi connectivity index (χ4n) is 0.737. The summed E-state index contributed by atoms with van der Waals surface area (Å²) in [7, 11) is 0. The quantitative estimate of drug-likeness (QED) is 0.522. The van der Waals surface area contributed by atoms with Crippen molar-refractivity contribution in [1.82, 2.24) is 0 Å². The number of carbonyl (C=O) groups is 1. The monoisotopic (exact) mass is 210 g/mol. The summed E-state index contributed by atoms with van der Waals surface area (Å²) in [6.07, 6.45) is 5.64. The van der Waals surface area contributed by atoms with Gasteiger partial charge < -0.3 is 10.2 Å². The third-order valence-corrected chi connectivity index (χ3v) is 1.56. The van der Waals surface area contributed by atoms with Gasteiger partial charge in [-0.15, -0.1) is 11.6 Å². The van der Waals surface area contributed by atoms with Gasteiger partial charge in [0.05, 0.1) is 0 Å². The van der Waals surface area contributed by atoms with Crippen LogP contribution in [0.5, 0.6) is 0 Å². The summed E-state index contributed by atoms with van der Waals surface area (Å²) in [5.41, 5.74) is 0. The Morgan fingerprint density at radius 1 is 1.15 bits per heavy atom. The normalized spacial score (nSPS) is 8.85. The Morgan fingerprint density at radius 2 is 1.54 bits per heavy atom. The molecular weight excluding hydrogens is 192 g/mol. The van der Waals surface area contributed by atoms with Crippen molar-refractivity contribution >= 4 is 17.6 Å². The molecule has 0 atom stereocenters. The number of hydrogen-bond donors (Lipinski definition) is 2. The molecule has 80 valence electrons. The van der Waals surface area contributed by atoms with Crippen LogP contribution >= 0.6 is 11.6 Å². The second-order valence-corrected chi connectivity index (χ2v) is 3.08. The third-order valence-electron chi connectivity index (χ3n) is 1.29. The van der Waals surface area contributed by atoms with E-state index < -0.39 is 5.97 Å². The summed E-state index contributed by atoms with van der Waals surface area (Å²) in [4.78, 5) is 9.00. The molecular formula is C9H19ClO3. The molecule has 0 bridgehead atoms. The number of halogens is 1. The molecule has 2 N–H and O–H groups in total. The van der Waals surface area contributed by atoms with Gasteiger partial charge in [0.25, 0.3) is 5.97 Å². The summed E-state index contributed by atoms with van der Waals surface area (Å²) in [6, 6.07) is 0. The summed E-state index contributed by atoms with van der Waals surface area (Å²) in [5.74, 6) is -0.0564. The predicted molar refractivity (Wildman–Crippen MR) is 54.2 cm³/mol. The minimum Gasteiger partial charge on any atom is -0.481 e. The maximum atomic E-state index is 9.00. The number of hydrogen-bond acceptors (Lipinski definition) is 2. The van der Waals surface area contributed by atoms with Crippen LogP contribution in [0.2, 0.25) is 0 Å². The number of rotatable bonds is 6. The maximum Gasteiger partial charge on any atom is 0.300 e. The first-order valence-electron chi connectivity index (χ1n) is 4.51. The lowest BCUT2D eigenvalue weighted by Crippen LogP contribution is -1.83. The van der Waals surface area contributed by atoms with Gasteiger partial charge in [-0.1, -0.05) is 19.3 Å². The second-order valence-electron chi connectivity index (χ2n) is 2.70. The molecule has 0 aromatic rings. The molecule has 0 aliphatic carbocycles. The van der Waals surface area contributed by atoms with Gasteiger partial charge in [-0.05, 0) is 12.8 Å². The van der Waals surface area contributed by atoms with Crippen LogP contribution in [0.15, 0.2) is 0 Å². The third kappa shape index (κ3) is 33.8. The first-order chi connectivity index (χ1) is 6.15. The standard InChI is InChI=1S/C7H15ClO.C2H4O2/c8-6-4-2-1-3-5-7-9;1-2(3)4/h9H,1-7H2;1H3,(H,3,4). The van der Waals surface area contributed by atoms with Crippen LogP contribution in [-0.2, 0) is 4.79 Å². The van der Waals surface area contributed by atoms with Crippen LogP contribution in [0.4, 0.5) is 0 Å². The Morgan fingerprint density at radius 3 is 1.92 bits per heavy atom. The first kappa shape index (κ1) is 15.2. The zero-order valence-electron chi connectivity index (χ0n) is 8.13. The largest absolute Gasteiger partial charge is 0.481 e. The molecule has 0 aromatic heterocycles. The number of aliphatic carboxylic acids is 1. The van der Waals surface area contributed by atoms with Crippen LogP contribution in [0.3, 0.4) is 0 Å². The number of aliphatic hydroxyl groups excluding tert-OH is 1. The molecule has 0 saturated heterocycles. The molecule has 0 aliphatic heterocycles. The van der Waals surface area contributed by atoms with Crippen LogP contribution in [0.25, 0.3) is 0 Å². The molecule has 0 spiro atoms. The van der Waals surface area contributed by atoms with Gasteiger partial charge in [0.15, 0.2) is 0 Å². The molecule has 4 heteroatoms. The van der Waals surface area contributed by atoms with E-state index in [0.717, 1.165) is 32.1 Å². The van der Waals surface area contributed by atoms with E-state index in [2.05, 4.69) is 0 Å². The minimum atomic E-state index is -0.833. The molecule has 13 heavy (non-hydrogen) atoms. The highest BCUT2D eigenvalue weighted by atomic mass is 35.5. The van der Waals surface area contributed by atoms with E-state index in [9.17, 15) is 0 Å². The van der Waals surface area contributed by atoms with Gasteiger partial charge in [0.1, 0.15) is 0 Å². The average Bonchev–Trinajstić information content (AvgIpc) is 2.03. The Kier molecular flexibility index (Phi) is 16.7. The van der Waals surface area contributed by atoms with Gasteiger partial charge in [-0.25, -0.2) is 0 Å². The fourth-order valence-corrected chi connectivity index (χ4v) is 0.926. The molecule has 3 nitrogen and oxygen atoms in total. The van der Waals surface area contributed by atoms with E-state index >= 15 is 0 Å². The van der Waals surface area contributed by atoms with Crippen molar-refractivity contribution in [1.29, 1.82) is 0 Å². The van der Waals surface area contributed by atoms with Gasteiger partial charge in [0.2, 0.25) is 0 Å². The SMILES string of the molecule is CC(=O)O.OCCCCCCCCl. The van der Waals surface area contributed by atoms with Crippen LogP contribution < -0.4 is 0 Å². The highest BCUT2D eigenvalue weighted by molar-refractivity contribution is 6.17. The molecule has 0 aliphatic rings. The lowest BCUT2D eigenvalue weighted by Gasteiger charge is -1.95. The van der Waals surface area contributed by atoms with Gasteiger partial charge >= 0.3 is 0 Å². The van der Waals surface area contributed by atoms with Gasteiger partial charge in [-0.3, -0.25) is 4.79 Å². The van der Waals surface area contributed by atoms with Crippen molar-refractivity contribution in [3.63, 3.8) is 0 Å². The summed E-state index contributed by atoms with van der Waals surface area (Å²) >= 11 is 5.46. The highest BCUT2D eigenvalue weighted by Crippen LogP contribution is 2.02. The van der Waals surface area contributed by atoms with Crippen LogP contribution in [0, 0.1) is 0 Å². The Bertz CT molecular complexity index is 97.0. The zero-order valence-corrected chi connectivity index (χ0v) is 8.89. The van der Waals surface area contributed by atoms with E-state index in [-0.39, 0.29) is 0 Å². The number of carboxylic acid groups (broad SMARTS) is 1. The molecule has 0 radical (unpaired) electrons.